The van der Waals surface area contributed by atoms with Crippen LogP contribution in [-0.4, -0.2) is 41.8 Å². The van der Waals surface area contributed by atoms with Gasteiger partial charge in [0.25, 0.3) is 5.91 Å². The quantitative estimate of drug-likeness (QED) is 0.849. The number of rotatable bonds is 5. The van der Waals surface area contributed by atoms with E-state index in [1.54, 1.807) is 28.9 Å². The fourth-order valence-electron chi connectivity index (χ4n) is 2.68. The molecule has 1 amide bonds. The molecule has 2 atom stereocenters. The topological polar surface area (TPSA) is 69.6 Å². The van der Waals surface area contributed by atoms with E-state index in [0.29, 0.717) is 12.2 Å². The predicted octanol–water partition coefficient (Wildman–Crippen LogP) is 2.08. The first-order chi connectivity index (χ1) is 11.1. The normalized spacial score (nSPS) is 19.0. The largest absolute Gasteiger partial charge is 0.448 e. The molecule has 124 valence electrons. The number of nitrogens with zero attached hydrogens (tertiary/aromatic N) is 1. The predicted molar refractivity (Wildman–Crippen MR) is 87.7 cm³/mol. The smallest absolute Gasteiger partial charge is 0.355 e. The number of hydrogen-bond donors (Lipinski definition) is 1. The van der Waals surface area contributed by atoms with Crippen molar-refractivity contribution in [2.75, 3.05) is 13.2 Å². The van der Waals surface area contributed by atoms with E-state index in [1.165, 1.54) is 0 Å². The molecular formula is C16H20N2O4S. The van der Waals surface area contributed by atoms with Crippen LogP contribution in [0.3, 0.4) is 0 Å². The molecule has 1 saturated heterocycles. The number of ether oxygens (including phenoxy) is 2. The number of nitrogens with one attached hydrogen (secondary N) is 1. The van der Waals surface area contributed by atoms with Crippen LogP contribution in [0.4, 0.5) is 0 Å². The molecule has 1 aliphatic rings. The molecule has 3 heterocycles. The lowest BCUT2D eigenvalue weighted by Crippen LogP contribution is -2.39. The summed E-state index contributed by atoms with van der Waals surface area (Å²) in [6.45, 7) is 2.78. The highest BCUT2D eigenvalue weighted by molar-refractivity contribution is 7.17. The molecule has 1 N–H and O–H groups in total. The van der Waals surface area contributed by atoms with Gasteiger partial charge < -0.3 is 19.4 Å². The van der Waals surface area contributed by atoms with E-state index in [4.69, 9.17) is 9.47 Å². The maximum atomic E-state index is 12.3. The first-order valence-electron chi connectivity index (χ1n) is 7.69. The zero-order chi connectivity index (χ0) is 16.4. The first-order valence-corrected chi connectivity index (χ1v) is 8.57. The number of esters is 1. The molecule has 2 aromatic rings. The van der Waals surface area contributed by atoms with Gasteiger partial charge in [0.05, 0.1) is 16.3 Å². The number of carbonyl (C=O) groups excluding carboxylic acids is 2. The third-order valence-corrected chi connectivity index (χ3v) is 4.91. The molecule has 0 radical (unpaired) electrons. The van der Waals surface area contributed by atoms with Gasteiger partial charge in [-0.15, -0.1) is 11.3 Å². The van der Waals surface area contributed by atoms with E-state index in [2.05, 4.69) is 5.32 Å². The van der Waals surface area contributed by atoms with Crippen LogP contribution >= 0.6 is 11.3 Å². The Morgan fingerprint density at radius 3 is 3.09 bits per heavy atom. The SMILES string of the molecule is C[C@@H](OC(=O)c1cc2sccc2n1C)C(=O)NC[C@H]1CCCO1. The van der Waals surface area contributed by atoms with Crippen molar-refractivity contribution in [2.24, 2.45) is 7.05 Å². The Bertz CT molecular complexity index is 715. The summed E-state index contributed by atoms with van der Waals surface area (Å²) in [5, 5.41) is 4.74. The van der Waals surface area contributed by atoms with Gasteiger partial charge in [-0.1, -0.05) is 0 Å². The van der Waals surface area contributed by atoms with Crippen molar-refractivity contribution < 1.29 is 19.1 Å². The molecule has 6 nitrogen and oxygen atoms in total. The van der Waals surface area contributed by atoms with Crippen LogP contribution in [0.1, 0.15) is 30.3 Å². The van der Waals surface area contributed by atoms with Gasteiger partial charge in [0.2, 0.25) is 0 Å². The number of aromatic nitrogens is 1. The number of thiophene rings is 1. The number of hydrogen-bond acceptors (Lipinski definition) is 5. The second kappa shape index (κ2) is 6.72. The summed E-state index contributed by atoms with van der Waals surface area (Å²) >= 11 is 1.57. The van der Waals surface area contributed by atoms with Gasteiger partial charge >= 0.3 is 5.97 Å². The van der Waals surface area contributed by atoms with Gasteiger partial charge in [-0.05, 0) is 37.3 Å². The Hall–Kier alpha value is -1.86. The standard InChI is InChI=1S/C16H20N2O4S/c1-10(15(19)17-9-11-4-3-6-21-11)22-16(20)13-8-14-12(18(13)2)5-7-23-14/h5,7-8,10-11H,3-4,6,9H2,1-2H3,(H,17,19)/t10-,11-/m1/s1. The number of carbonyl (C=O) groups is 2. The summed E-state index contributed by atoms with van der Waals surface area (Å²) < 4.78 is 13.5. The lowest BCUT2D eigenvalue weighted by Gasteiger charge is -2.15. The van der Waals surface area contributed by atoms with Crippen LogP contribution in [0.25, 0.3) is 10.2 Å². The second-order valence-corrected chi connectivity index (χ2v) is 6.63. The third-order valence-electron chi connectivity index (χ3n) is 4.05. The van der Waals surface area contributed by atoms with Gasteiger partial charge in [0, 0.05) is 20.2 Å². The van der Waals surface area contributed by atoms with E-state index in [0.717, 1.165) is 29.7 Å². The molecule has 0 aliphatic carbocycles. The highest BCUT2D eigenvalue weighted by Crippen LogP contribution is 2.24. The summed E-state index contributed by atoms with van der Waals surface area (Å²) in [4.78, 5) is 24.3. The second-order valence-electron chi connectivity index (χ2n) is 5.69. The fourth-order valence-corrected chi connectivity index (χ4v) is 3.53. The first kappa shape index (κ1) is 16.0. The van der Waals surface area contributed by atoms with E-state index in [-0.39, 0.29) is 12.0 Å². The van der Waals surface area contributed by atoms with Crippen LogP contribution in [0.2, 0.25) is 0 Å². The Morgan fingerprint density at radius 2 is 2.39 bits per heavy atom. The van der Waals surface area contributed by atoms with Gasteiger partial charge in [-0.2, -0.15) is 0 Å². The monoisotopic (exact) mass is 336 g/mol. The molecule has 0 saturated carbocycles. The number of aryl methyl sites for hydroxylation is 1. The summed E-state index contributed by atoms with van der Waals surface area (Å²) in [6.07, 6.45) is 1.21. The molecule has 1 aliphatic heterocycles. The van der Waals surface area contributed by atoms with Crippen molar-refractivity contribution in [2.45, 2.75) is 32.0 Å². The summed E-state index contributed by atoms with van der Waals surface area (Å²) in [5.41, 5.74) is 1.43. The van der Waals surface area contributed by atoms with Crippen LogP contribution < -0.4 is 5.32 Å². The van der Waals surface area contributed by atoms with Crippen molar-refractivity contribution in [3.63, 3.8) is 0 Å². The zero-order valence-electron chi connectivity index (χ0n) is 13.2. The van der Waals surface area contributed by atoms with Crippen molar-refractivity contribution >= 4 is 33.4 Å². The molecule has 0 aromatic carbocycles. The minimum absolute atomic E-state index is 0.0708. The maximum absolute atomic E-state index is 12.3. The molecule has 0 spiro atoms. The molecule has 7 heteroatoms. The van der Waals surface area contributed by atoms with E-state index in [9.17, 15) is 9.59 Å². The number of fused-ring (bicyclic) bond motifs is 1. The average molecular weight is 336 g/mol. The summed E-state index contributed by atoms with van der Waals surface area (Å²) in [5.74, 6) is -0.791. The Labute approximate surface area is 138 Å². The molecular weight excluding hydrogens is 316 g/mol. The summed E-state index contributed by atoms with van der Waals surface area (Å²) in [6, 6.07) is 3.74. The lowest BCUT2D eigenvalue weighted by atomic mass is 10.2. The molecule has 23 heavy (non-hydrogen) atoms. The van der Waals surface area contributed by atoms with Gasteiger partial charge in [-0.3, -0.25) is 4.79 Å². The van der Waals surface area contributed by atoms with E-state index < -0.39 is 12.1 Å². The molecule has 0 bridgehead atoms. The fraction of sp³-hybridized carbons (Fsp3) is 0.500. The maximum Gasteiger partial charge on any atom is 0.355 e. The Kier molecular flexibility index (Phi) is 4.68. The van der Waals surface area contributed by atoms with Crippen molar-refractivity contribution in [3.05, 3.63) is 23.2 Å². The van der Waals surface area contributed by atoms with Gasteiger partial charge in [0.1, 0.15) is 5.69 Å². The lowest BCUT2D eigenvalue weighted by molar-refractivity contribution is -0.129. The minimum atomic E-state index is -0.836. The third kappa shape index (κ3) is 3.40. The van der Waals surface area contributed by atoms with E-state index in [1.807, 2.05) is 18.5 Å². The minimum Gasteiger partial charge on any atom is -0.448 e. The van der Waals surface area contributed by atoms with Crippen LogP contribution in [-0.2, 0) is 21.3 Å². The van der Waals surface area contributed by atoms with Crippen molar-refractivity contribution in [3.8, 4) is 0 Å². The average Bonchev–Trinajstić information content (AvgIpc) is 3.23. The molecule has 2 aromatic heterocycles. The zero-order valence-corrected chi connectivity index (χ0v) is 14.0. The molecule has 1 fully saturated rings. The van der Waals surface area contributed by atoms with Gasteiger partial charge in [0.15, 0.2) is 6.10 Å². The van der Waals surface area contributed by atoms with E-state index >= 15 is 0 Å². The highest BCUT2D eigenvalue weighted by atomic mass is 32.1. The van der Waals surface area contributed by atoms with Gasteiger partial charge in [-0.25, -0.2) is 4.79 Å². The van der Waals surface area contributed by atoms with Crippen molar-refractivity contribution in [1.82, 2.24) is 9.88 Å². The molecule has 3 rings (SSSR count). The van der Waals surface area contributed by atoms with Crippen LogP contribution in [0, 0.1) is 0 Å². The Morgan fingerprint density at radius 1 is 1.57 bits per heavy atom. The highest BCUT2D eigenvalue weighted by Gasteiger charge is 2.23. The molecule has 0 unspecified atom stereocenters. The Balaban J connectivity index is 1.56. The van der Waals surface area contributed by atoms with Crippen LogP contribution in [0.15, 0.2) is 17.5 Å². The van der Waals surface area contributed by atoms with Crippen LogP contribution in [0.5, 0.6) is 0 Å². The summed E-state index contributed by atoms with van der Waals surface area (Å²) in [7, 11) is 1.81. The van der Waals surface area contributed by atoms with Crippen molar-refractivity contribution in [1.29, 1.82) is 0 Å². The number of amides is 1.